The molecule has 1 unspecified atom stereocenters. The van der Waals surface area contributed by atoms with E-state index in [1.165, 1.54) is 6.21 Å². The van der Waals surface area contributed by atoms with Gasteiger partial charge < -0.3 is 14.8 Å². The Morgan fingerprint density at radius 1 is 1.03 bits per heavy atom. The van der Waals surface area contributed by atoms with Gasteiger partial charge >= 0.3 is 0 Å². The minimum absolute atomic E-state index is 0.125. The summed E-state index contributed by atoms with van der Waals surface area (Å²) in [6.45, 7) is 4.14. The number of hydrogen-bond acceptors (Lipinski definition) is 5. The van der Waals surface area contributed by atoms with Gasteiger partial charge in [-0.1, -0.05) is 62.4 Å². The highest BCUT2D eigenvalue weighted by Crippen LogP contribution is 2.34. The van der Waals surface area contributed by atoms with Crippen LogP contribution in [0.1, 0.15) is 35.3 Å². The molecule has 0 saturated carbocycles. The van der Waals surface area contributed by atoms with Crippen LogP contribution in [0.2, 0.25) is 0 Å². The van der Waals surface area contributed by atoms with Crippen molar-refractivity contribution in [3.05, 3.63) is 93.1 Å². The zero-order valence-electron chi connectivity index (χ0n) is 19.8. The van der Waals surface area contributed by atoms with Crippen LogP contribution >= 0.6 is 22.6 Å². The van der Waals surface area contributed by atoms with Gasteiger partial charge in [0.1, 0.15) is 12.6 Å². The van der Waals surface area contributed by atoms with Crippen molar-refractivity contribution in [2.75, 3.05) is 7.11 Å². The molecule has 0 aromatic heterocycles. The fraction of sp³-hybridized carbons (Fsp3) is 0.222. The summed E-state index contributed by atoms with van der Waals surface area (Å²) in [5.41, 5.74) is 4.80. The molecule has 182 valence electrons. The number of halogens is 1. The summed E-state index contributed by atoms with van der Waals surface area (Å²) in [6.07, 6.45) is 1.53. The fourth-order valence-corrected chi connectivity index (χ4v) is 4.05. The lowest BCUT2D eigenvalue weighted by atomic mass is 10.0. The maximum absolute atomic E-state index is 12.7. The number of carbonyl (C=O) groups excluding carboxylic acids is 2. The summed E-state index contributed by atoms with van der Waals surface area (Å²) in [5.74, 6) is 0.371. The first-order chi connectivity index (χ1) is 16.9. The third-order valence-corrected chi connectivity index (χ3v) is 5.94. The highest BCUT2D eigenvalue weighted by molar-refractivity contribution is 14.1. The van der Waals surface area contributed by atoms with E-state index in [1.54, 1.807) is 37.4 Å². The largest absolute Gasteiger partial charge is 0.493 e. The zero-order chi connectivity index (χ0) is 25.2. The highest BCUT2D eigenvalue weighted by Gasteiger charge is 2.24. The molecule has 7 nitrogen and oxygen atoms in total. The molecular formula is C27H28IN3O4. The van der Waals surface area contributed by atoms with Crippen molar-refractivity contribution in [3.8, 4) is 11.5 Å². The molecule has 0 saturated heterocycles. The number of nitrogens with one attached hydrogen (secondary N) is 2. The van der Waals surface area contributed by atoms with Crippen LogP contribution in [0.3, 0.4) is 0 Å². The van der Waals surface area contributed by atoms with Crippen LogP contribution < -0.4 is 20.2 Å². The van der Waals surface area contributed by atoms with Crippen molar-refractivity contribution in [1.29, 1.82) is 0 Å². The number of rotatable bonds is 10. The molecule has 35 heavy (non-hydrogen) atoms. The number of hydrazone groups is 1. The lowest BCUT2D eigenvalue weighted by Gasteiger charge is -2.20. The maximum Gasteiger partial charge on any atom is 0.262 e. The SMILES string of the molecule is COc1cc(C=NNC(=O)C(NC(=O)c2ccccc2)C(C)C)cc(I)c1OCc1ccccc1. The van der Waals surface area contributed by atoms with Crippen molar-refractivity contribution in [3.63, 3.8) is 0 Å². The number of ether oxygens (including phenoxy) is 2. The summed E-state index contributed by atoms with van der Waals surface area (Å²) in [7, 11) is 1.58. The zero-order valence-corrected chi connectivity index (χ0v) is 22.0. The summed E-state index contributed by atoms with van der Waals surface area (Å²) in [6, 6.07) is 21.6. The van der Waals surface area contributed by atoms with Gasteiger partial charge in [0.2, 0.25) is 0 Å². The molecule has 3 aromatic carbocycles. The minimum atomic E-state index is -0.733. The number of hydrogen-bond donors (Lipinski definition) is 2. The van der Waals surface area contributed by atoms with Crippen molar-refractivity contribution in [2.45, 2.75) is 26.5 Å². The van der Waals surface area contributed by atoms with Crippen molar-refractivity contribution in [2.24, 2.45) is 11.0 Å². The Hall–Kier alpha value is -3.40. The number of carbonyl (C=O) groups is 2. The van der Waals surface area contributed by atoms with Gasteiger partial charge in [-0.2, -0.15) is 5.10 Å². The third kappa shape index (κ3) is 7.54. The first-order valence-corrected chi connectivity index (χ1v) is 12.2. The molecule has 2 N–H and O–H groups in total. The van der Waals surface area contributed by atoms with Gasteiger partial charge in [-0.3, -0.25) is 9.59 Å². The second kappa shape index (κ2) is 12.9. The first-order valence-electron chi connectivity index (χ1n) is 11.1. The van der Waals surface area contributed by atoms with E-state index in [0.717, 1.165) is 14.7 Å². The van der Waals surface area contributed by atoms with E-state index in [0.29, 0.717) is 23.7 Å². The summed E-state index contributed by atoms with van der Waals surface area (Å²) in [5, 5.41) is 6.87. The molecule has 0 aliphatic carbocycles. The maximum atomic E-state index is 12.7. The van der Waals surface area contributed by atoms with E-state index in [2.05, 4.69) is 38.4 Å². The fourth-order valence-electron chi connectivity index (χ4n) is 3.27. The Balaban J connectivity index is 1.65. The van der Waals surface area contributed by atoms with Gasteiger partial charge in [0.25, 0.3) is 11.8 Å². The molecule has 3 aromatic rings. The number of amides is 2. The van der Waals surface area contributed by atoms with E-state index >= 15 is 0 Å². The molecule has 0 radical (unpaired) electrons. The number of methoxy groups -OCH3 is 1. The third-order valence-electron chi connectivity index (χ3n) is 5.14. The first kappa shape index (κ1) is 26.2. The molecule has 0 bridgehead atoms. The smallest absolute Gasteiger partial charge is 0.262 e. The molecule has 2 amide bonds. The van der Waals surface area contributed by atoms with E-state index in [4.69, 9.17) is 9.47 Å². The number of nitrogens with zero attached hydrogens (tertiary/aromatic N) is 1. The van der Waals surface area contributed by atoms with Gasteiger partial charge in [-0.15, -0.1) is 0 Å². The average molecular weight is 585 g/mol. The van der Waals surface area contributed by atoms with Crippen LogP contribution in [0.25, 0.3) is 0 Å². The predicted octanol–water partition coefficient (Wildman–Crippen LogP) is 4.78. The number of benzene rings is 3. The molecule has 0 aliphatic rings. The van der Waals surface area contributed by atoms with Gasteiger partial charge in [0, 0.05) is 5.56 Å². The van der Waals surface area contributed by atoms with Gasteiger partial charge in [-0.05, 0) is 63.9 Å². The Labute approximate surface area is 219 Å². The van der Waals surface area contributed by atoms with Crippen LogP contribution in [-0.4, -0.2) is 31.2 Å². The molecule has 8 heteroatoms. The molecule has 1 atom stereocenters. The van der Waals surface area contributed by atoms with Crippen LogP contribution in [0, 0.1) is 9.49 Å². The standard InChI is InChI=1S/C27H28IN3O4/c1-18(2)24(30-26(32)21-12-8-5-9-13-21)27(33)31-29-16-20-14-22(28)25(23(15-20)34-3)35-17-19-10-6-4-7-11-19/h4-16,18,24H,17H2,1-3H3,(H,30,32)(H,31,33). The monoisotopic (exact) mass is 585 g/mol. The second-order valence-electron chi connectivity index (χ2n) is 8.10. The highest BCUT2D eigenvalue weighted by atomic mass is 127. The molecule has 0 aliphatic heterocycles. The minimum Gasteiger partial charge on any atom is -0.493 e. The van der Waals surface area contributed by atoms with Crippen LogP contribution in [0.15, 0.2) is 77.9 Å². The van der Waals surface area contributed by atoms with E-state index in [1.807, 2.05) is 56.3 Å². The van der Waals surface area contributed by atoms with Crippen molar-refractivity contribution < 1.29 is 19.1 Å². The van der Waals surface area contributed by atoms with Crippen LogP contribution in [-0.2, 0) is 11.4 Å². The molecule has 0 spiro atoms. The lowest BCUT2D eigenvalue weighted by Crippen LogP contribution is -2.48. The van der Waals surface area contributed by atoms with E-state index in [-0.39, 0.29) is 11.8 Å². The predicted molar refractivity (Wildman–Crippen MR) is 145 cm³/mol. The van der Waals surface area contributed by atoms with Crippen LogP contribution in [0.5, 0.6) is 11.5 Å². The quantitative estimate of drug-likeness (QED) is 0.204. The molecular weight excluding hydrogens is 557 g/mol. The van der Waals surface area contributed by atoms with E-state index < -0.39 is 11.9 Å². The van der Waals surface area contributed by atoms with Crippen LogP contribution in [0.4, 0.5) is 0 Å². The van der Waals surface area contributed by atoms with Crippen molar-refractivity contribution in [1.82, 2.24) is 10.7 Å². The Kier molecular flexibility index (Phi) is 9.66. The molecule has 3 rings (SSSR count). The molecule has 0 heterocycles. The summed E-state index contributed by atoms with van der Waals surface area (Å²) in [4.78, 5) is 25.2. The Bertz CT molecular complexity index is 1170. The average Bonchev–Trinajstić information content (AvgIpc) is 2.87. The van der Waals surface area contributed by atoms with Gasteiger partial charge in [-0.25, -0.2) is 5.43 Å². The lowest BCUT2D eigenvalue weighted by molar-refractivity contribution is -0.123. The van der Waals surface area contributed by atoms with Gasteiger partial charge in [0.15, 0.2) is 11.5 Å². The van der Waals surface area contributed by atoms with E-state index in [9.17, 15) is 9.59 Å². The summed E-state index contributed by atoms with van der Waals surface area (Å²) >= 11 is 2.18. The Morgan fingerprint density at radius 3 is 2.31 bits per heavy atom. The summed E-state index contributed by atoms with van der Waals surface area (Å²) < 4.78 is 12.3. The topological polar surface area (TPSA) is 89.0 Å². The normalized spacial score (nSPS) is 11.8. The van der Waals surface area contributed by atoms with Crippen molar-refractivity contribution >= 4 is 40.6 Å². The van der Waals surface area contributed by atoms with Gasteiger partial charge in [0.05, 0.1) is 16.9 Å². The second-order valence-corrected chi connectivity index (χ2v) is 9.27. The Morgan fingerprint density at radius 2 is 1.69 bits per heavy atom. The molecule has 0 fully saturated rings.